The molecule has 1 aliphatic heterocycles. The van der Waals surface area contributed by atoms with Crippen LogP contribution in [0.3, 0.4) is 0 Å². The van der Waals surface area contributed by atoms with Gasteiger partial charge in [0.2, 0.25) is 0 Å². The lowest BCUT2D eigenvalue weighted by molar-refractivity contribution is -0.147. The Morgan fingerprint density at radius 3 is 2.04 bits per heavy atom. The summed E-state index contributed by atoms with van der Waals surface area (Å²) in [5, 5.41) is 1.81. The molecule has 0 aliphatic carbocycles. The van der Waals surface area contributed by atoms with Crippen molar-refractivity contribution in [1.82, 2.24) is 20.0 Å². The zero-order valence-corrected chi connectivity index (χ0v) is 13.1. The fraction of sp³-hybridized carbons (Fsp3) is 0.538. The first-order valence-corrected chi connectivity index (χ1v) is 6.88. The molecule has 0 saturated carbocycles. The summed E-state index contributed by atoms with van der Waals surface area (Å²) in [5.41, 5.74) is 0. The van der Waals surface area contributed by atoms with E-state index in [-0.39, 0.29) is 25.2 Å². The molecule has 1 rings (SSSR count). The van der Waals surface area contributed by atoms with Crippen molar-refractivity contribution in [3.63, 3.8) is 0 Å². The van der Waals surface area contributed by atoms with Gasteiger partial charge in [-0.2, -0.15) is 0 Å². The van der Waals surface area contributed by atoms with E-state index < -0.39 is 29.9 Å². The highest BCUT2D eigenvalue weighted by atomic mass is 16.2. The van der Waals surface area contributed by atoms with E-state index >= 15 is 0 Å². The number of hydrogen-bond donors (Lipinski definition) is 1. The zero-order valence-electron chi connectivity index (χ0n) is 13.1. The number of imide groups is 4. The molecule has 10 nitrogen and oxygen atoms in total. The molecule has 8 amide bonds. The van der Waals surface area contributed by atoms with E-state index in [2.05, 4.69) is 0 Å². The van der Waals surface area contributed by atoms with E-state index in [0.717, 1.165) is 14.1 Å². The van der Waals surface area contributed by atoms with E-state index in [1.165, 1.54) is 6.92 Å². The lowest BCUT2D eigenvalue weighted by Crippen LogP contribution is -2.50. The van der Waals surface area contributed by atoms with Gasteiger partial charge in [0, 0.05) is 27.1 Å². The van der Waals surface area contributed by atoms with Gasteiger partial charge in [0.05, 0.1) is 0 Å². The Balaban J connectivity index is 2.98. The minimum Gasteiger partial charge on any atom is -0.300 e. The Morgan fingerprint density at radius 2 is 1.48 bits per heavy atom. The second-order valence-electron chi connectivity index (χ2n) is 5.06. The highest BCUT2D eigenvalue weighted by Crippen LogP contribution is 2.08. The number of nitrogens with zero attached hydrogens (tertiary/aromatic N) is 3. The van der Waals surface area contributed by atoms with Gasteiger partial charge < -0.3 is 4.79 Å². The standard InChI is InChI=1S/C13H18N4O6/c1-8(18)6-4-5-7-17-10(20)9(19)15(2)11(21)14-12(22)16(3)13(17)23/h4-7H2,1-3H3,(H,14,21,22). The number of unbranched alkanes of at least 4 members (excludes halogenated alkanes) is 1. The van der Waals surface area contributed by atoms with E-state index in [1.54, 1.807) is 0 Å². The van der Waals surface area contributed by atoms with Gasteiger partial charge in [-0.05, 0) is 19.8 Å². The molecule has 0 aromatic carbocycles. The lowest BCUT2D eigenvalue weighted by atomic mass is 10.2. The smallest absolute Gasteiger partial charge is 0.300 e. The zero-order chi connectivity index (χ0) is 17.7. The third-order valence-electron chi connectivity index (χ3n) is 3.23. The second-order valence-corrected chi connectivity index (χ2v) is 5.06. The van der Waals surface area contributed by atoms with E-state index in [9.17, 15) is 28.8 Å². The molecule has 1 heterocycles. The maximum absolute atomic E-state index is 12.2. The van der Waals surface area contributed by atoms with Crippen molar-refractivity contribution in [3.8, 4) is 0 Å². The van der Waals surface area contributed by atoms with Gasteiger partial charge in [-0.15, -0.1) is 0 Å². The molecule has 0 aromatic heterocycles. The number of nitrogens with one attached hydrogen (secondary N) is 1. The van der Waals surface area contributed by atoms with Crippen LogP contribution in [0.25, 0.3) is 0 Å². The van der Waals surface area contributed by atoms with Crippen molar-refractivity contribution >= 4 is 35.7 Å². The van der Waals surface area contributed by atoms with Crippen LogP contribution in [0.4, 0.5) is 14.4 Å². The highest BCUT2D eigenvalue weighted by molar-refractivity contribution is 6.40. The Hall–Kier alpha value is -2.78. The van der Waals surface area contributed by atoms with Crippen LogP contribution < -0.4 is 5.32 Å². The number of likely N-dealkylation sites (N-methyl/N-ethyl adjacent to an activating group) is 1. The molecule has 0 aromatic rings. The third kappa shape index (κ3) is 4.34. The number of Topliss-reactive ketones (excluding diaryl/α,β-unsaturated/α-hetero) is 1. The minimum absolute atomic E-state index is 0.0370. The summed E-state index contributed by atoms with van der Waals surface area (Å²) in [6.45, 7) is 1.27. The average Bonchev–Trinajstić information content (AvgIpc) is 2.51. The summed E-state index contributed by atoms with van der Waals surface area (Å²) in [6.07, 6.45) is 0.988. The van der Waals surface area contributed by atoms with Crippen LogP contribution in [0.15, 0.2) is 0 Å². The topological polar surface area (TPSA) is 124 Å². The second kappa shape index (κ2) is 7.47. The third-order valence-corrected chi connectivity index (χ3v) is 3.23. The monoisotopic (exact) mass is 326 g/mol. The van der Waals surface area contributed by atoms with Crippen molar-refractivity contribution < 1.29 is 28.8 Å². The van der Waals surface area contributed by atoms with Crippen molar-refractivity contribution in [2.45, 2.75) is 26.2 Å². The molecule has 23 heavy (non-hydrogen) atoms. The molecule has 1 saturated heterocycles. The number of hydrogen-bond acceptors (Lipinski definition) is 6. The summed E-state index contributed by atoms with van der Waals surface area (Å²) in [7, 11) is 2.10. The molecular formula is C13H18N4O6. The Morgan fingerprint density at radius 1 is 0.913 bits per heavy atom. The normalized spacial score (nSPS) is 17.0. The van der Waals surface area contributed by atoms with Gasteiger partial charge in [0.1, 0.15) is 5.78 Å². The van der Waals surface area contributed by atoms with Crippen molar-refractivity contribution in [1.29, 1.82) is 0 Å². The van der Waals surface area contributed by atoms with E-state index in [1.807, 2.05) is 5.32 Å². The first-order valence-electron chi connectivity index (χ1n) is 6.88. The Kier molecular flexibility index (Phi) is 5.94. The predicted molar refractivity (Wildman–Crippen MR) is 76.1 cm³/mol. The fourth-order valence-corrected chi connectivity index (χ4v) is 1.81. The molecule has 0 unspecified atom stereocenters. The number of carbonyl (C=O) groups is 6. The molecular weight excluding hydrogens is 308 g/mol. The van der Waals surface area contributed by atoms with Gasteiger partial charge in [0.25, 0.3) is 0 Å². The van der Waals surface area contributed by atoms with E-state index in [0.29, 0.717) is 21.1 Å². The van der Waals surface area contributed by atoms with E-state index in [4.69, 9.17) is 0 Å². The average molecular weight is 326 g/mol. The number of ketones is 1. The number of urea groups is 3. The number of carbonyl (C=O) groups excluding carboxylic acids is 6. The predicted octanol–water partition coefficient (Wildman–Crippen LogP) is -0.0723. The van der Waals surface area contributed by atoms with Crippen molar-refractivity contribution in [2.24, 2.45) is 0 Å². The summed E-state index contributed by atoms with van der Waals surface area (Å²) in [5.74, 6) is -2.48. The molecule has 1 fully saturated rings. The molecule has 10 heteroatoms. The molecule has 0 radical (unpaired) electrons. The summed E-state index contributed by atoms with van der Waals surface area (Å²) >= 11 is 0. The van der Waals surface area contributed by atoms with Crippen LogP contribution in [0.5, 0.6) is 0 Å². The van der Waals surface area contributed by atoms with Gasteiger partial charge >= 0.3 is 29.9 Å². The largest absolute Gasteiger partial charge is 0.334 e. The quantitative estimate of drug-likeness (QED) is 0.557. The molecule has 0 atom stereocenters. The molecule has 1 N–H and O–H groups in total. The van der Waals surface area contributed by atoms with Gasteiger partial charge in [0.15, 0.2) is 0 Å². The SMILES string of the molecule is CC(=O)CCCCN1C(=O)C(=O)N(C)C(=O)NC(=O)N(C)C1=O. The highest BCUT2D eigenvalue weighted by Gasteiger charge is 2.37. The van der Waals surface area contributed by atoms with Crippen molar-refractivity contribution in [3.05, 3.63) is 0 Å². The Bertz CT molecular complexity index is 573. The minimum atomic E-state index is -1.23. The van der Waals surface area contributed by atoms with Crippen LogP contribution in [0.2, 0.25) is 0 Å². The van der Waals surface area contributed by atoms with Crippen LogP contribution in [0.1, 0.15) is 26.2 Å². The Labute approximate surface area is 132 Å². The summed E-state index contributed by atoms with van der Waals surface area (Å²) < 4.78 is 0. The molecule has 0 bridgehead atoms. The first kappa shape index (κ1) is 18.3. The van der Waals surface area contributed by atoms with Crippen LogP contribution in [-0.4, -0.2) is 71.0 Å². The molecule has 1 aliphatic rings. The van der Waals surface area contributed by atoms with Crippen LogP contribution in [-0.2, 0) is 14.4 Å². The van der Waals surface area contributed by atoms with Gasteiger partial charge in [-0.25, -0.2) is 19.3 Å². The fourth-order valence-electron chi connectivity index (χ4n) is 1.81. The maximum Gasteiger partial charge on any atom is 0.334 e. The van der Waals surface area contributed by atoms with Gasteiger partial charge in [-0.1, -0.05) is 0 Å². The summed E-state index contributed by atoms with van der Waals surface area (Å²) in [6, 6.07) is -3.18. The van der Waals surface area contributed by atoms with Gasteiger partial charge in [-0.3, -0.25) is 24.7 Å². The number of rotatable bonds is 5. The molecule has 0 spiro atoms. The van der Waals surface area contributed by atoms with Crippen molar-refractivity contribution in [2.75, 3.05) is 20.6 Å². The maximum atomic E-state index is 12.2. The lowest BCUT2D eigenvalue weighted by Gasteiger charge is -2.23. The first-order chi connectivity index (χ1) is 10.7. The van der Waals surface area contributed by atoms with Crippen LogP contribution >= 0.6 is 0 Å². The molecule has 126 valence electrons. The summed E-state index contributed by atoms with van der Waals surface area (Å²) in [4.78, 5) is 72.0. The van der Waals surface area contributed by atoms with Crippen LogP contribution in [0, 0.1) is 0 Å². The number of amides is 8.